The summed E-state index contributed by atoms with van der Waals surface area (Å²) < 4.78 is 0. The number of benzene rings is 3. The predicted molar refractivity (Wildman–Crippen MR) is 128 cm³/mol. The summed E-state index contributed by atoms with van der Waals surface area (Å²) in [5.41, 5.74) is 6.38. The largest absolute Gasteiger partial charge is 0.508 e. The molecule has 0 amide bonds. The van der Waals surface area contributed by atoms with Gasteiger partial charge in [-0.15, -0.1) is 0 Å². The van der Waals surface area contributed by atoms with E-state index in [1.807, 2.05) is 12.1 Å². The summed E-state index contributed by atoms with van der Waals surface area (Å²) >= 11 is 0. The van der Waals surface area contributed by atoms with E-state index in [4.69, 9.17) is 0 Å². The highest BCUT2D eigenvalue weighted by Crippen LogP contribution is 2.26. The van der Waals surface area contributed by atoms with Crippen molar-refractivity contribution < 1.29 is 5.11 Å². The number of phenols is 1. The van der Waals surface area contributed by atoms with Gasteiger partial charge in [-0.05, 0) is 79.1 Å². The average Bonchev–Trinajstić information content (AvgIpc) is 2.76. The lowest BCUT2D eigenvalue weighted by atomic mass is 9.95. The van der Waals surface area contributed by atoms with Crippen LogP contribution in [0.3, 0.4) is 0 Å². The van der Waals surface area contributed by atoms with E-state index in [0.717, 1.165) is 37.8 Å². The first-order valence-electron chi connectivity index (χ1n) is 11.0. The summed E-state index contributed by atoms with van der Waals surface area (Å²) in [6.07, 6.45) is 6.23. The van der Waals surface area contributed by atoms with E-state index in [1.54, 1.807) is 6.07 Å². The molecule has 3 aromatic carbocycles. The smallest absolute Gasteiger partial charge is 0.116 e. The highest BCUT2D eigenvalue weighted by Gasteiger charge is 2.12. The normalized spacial score (nSPS) is 11.8. The first kappa shape index (κ1) is 21.9. The third-order valence-corrected chi connectivity index (χ3v) is 5.49. The van der Waals surface area contributed by atoms with Crippen molar-refractivity contribution in [2.45, 2.75) is 45.6 Å². The minimum absolute atomic E-state index is 0.330. The second-order valence-electron chi connectivity index (χ2n) is 7.92. The van der Waals surface area contributed by atoms with Crippen LogP contribution in [0, 0.1) is 6.92 Å². The minimum atomic E-state index is 0.330. The van der Waals surface area contributed by atoms with Crippen LogP contribution in [0.15, 0.2) is 84.9 Å². The van der Waals surface area contributed by atoms with Crippen LogP contribution in [0.25, 0.3) is 5.57 Å². The van der Waals surface area contributed by atoms with Gasteiger partial charge in [0.05, 0.1) is 0 Å². The number of aryl methyl sites for hydroxylation is 1. The zero-order valence-electron chi connectivity index (χ0n) is 18.1. The van der Waals surface area contributed by atoms with Crippen LogP contribution in [-0.2, 0) is 12.8 Å². The van der Waals surface area contributed by atoms with Crippen molar-refractivity contribution in [3.05, 3.63) is 107 Å². The molecule has 0 aliphatic rings. The Bertz CT molecular complexity index is 890. The van der Waals surface area contributed by atoms with Gasteiger partial charge >= 0.3 is 0 Å². The molecule has 0 saturated heterocycles. The van der Waals surface area contributed by atoms with Crippen molar-refractivity contribution in [1.82, 2.24) is 5.32 Å². The second-order valence-corrected chi connectivity index (χ2v) is 7.92. The highest BCUT2D eigenvalue weighted by molar-refractivity contribution is 5.69. The van der Waals surface area contributed by atoms with Crippen LogP contribution in [0.1, 0.15) is 42.0 Å². The molecule has 30 heavy (non-hydrogen) atoms. The van der Waals surface area contributed by atoms with Crippen molar-refractivity contribution in [1.29, 1.82) is 0 Å². The van der Waals surface area contributed by atoms with Gasteiger partial charge in [-0.3, -0.25) is 0 Å². The van der Waals surface area contributed by atoms with Crippen LogP contribution in [-0.4, -0.2) is 17.7 Å². The quantitative estimate of drug-likeness (QED) is 0.418. The molecule has 3 aromatic rings. The Balaban J connectivity index is 1.68. The fourth-order valence-electron chi connectivity index (χ4n) is 3.97. The van der Waals surface area contributed by atoms with Gasteiger partial charge < -0.3 is 10.4 Å². The van der Waals surface area contributed by atoms with Crippen molar-refractivity contribution >= 4 is 5.57 Å². The van der Waals surface area contributed by atoms with Gasteiger partial charge in [-0.25, -0.2) is 0 Å². The topological polar surface area (TPSA) is 32.3 Å². The molecule has 2 N–H and O–H groups in total. The number of rotatable bonds is 10. The third kappa shape index (κ3) is 6.60. The molecular weight excluding hydrogens is 366 g/mol. The molecule has 0 bridgehead atoms. The molecular formula is C28H33NO. The van der Waals surface area contributed by atoms with E-state index in [-0.39, 0.29) is 0 Å². The number of nitrogens with one attached hydrogen (secondary N) is 1. The van der Waals surface area contributed by atoms with Crippen LogP contribution in [0.2, 0.25) is 0 Å². The molecule has 0 heterocycles. The lowest BCUT2D eigenvalue weighted by Gasteiger charge is -2.20. The Kier molecular flexibility index (Phi) is 8.29. The van der Waals surface area contributed by atoms with Gasteiger partial charge in [0, 0.05) is 6.04 Å². The standard InChI is InChI=1S/C28H33NO/c1-3-10-25(28-21-27(30)16-15-22(28)2)17-18-29-26(19-23-11-6-4-7-12-23)20-24-13-8-5-9-14-24/h4-16,21,26,29-30H,3,17-20H2,1-2H3/b25-10-. The van der Waals surface area contributed by atoms with E-state index in [0.29, 0.717) is 11.8 Å². The molecule has 0 unspecified atom stereocenters. The predicted octanol–water partition coefficient (Wildman–Crippen LogP) is 6.33. The molecule has 0 saturated carbocycles. The zero-order chi connectivity index (χ0) is 21.2. The van der Waals surface area contributed by atoms with Crippen molar-refractivity contribution in [3.63, 3.8) is 0 Å². The number of phenolic OH excluding ortho intramolecular Hbond substituents is 1. The molecule has 2 heteroatoms. The summed E-state index contributed by atoms with van der Waals surface area (Å²) in [4.78, 5) is 0. The Morgan fingerprint density at radius 1 is 0.900 bits per heavy atom. The maximum atomic E-state index is 9.95. The maximum Gasteiger partial charge on any atom is 0.116 e. The second kappa shape index (κ2) is 11.4. The summed E-state index contributed by atoms with van der Waals surface area (Å²) in [5, 5.41) is 13.8. The van der Waals surface area contributed by atoms with E-state index in [2.05, 4.69) is 85.9 Å². The number of allylic oxidation sites excluding steroid dienone is 1. The third-order valence-electron chi connectivity index (χ3n) is 5.49. The molecule has 0 spiro atoms. The van der Waals surface area contributed by atoms with Gasteiger partial charge in [-0.1, -0.05) is 79.7 Å². The van der Waals surface area contributed by atoms with Crippen LogP contribution >= 0.6 is 0 Å². The van der Waals surface area contributed by atoms with Crippen molar-refractivity contribution in [2.75, 3.05) is 6.54 Å². The Morgan fingerprint density at radius 3 is 2.07 bits per heavy atom. The number of aromatic hydroxyl groups is 1. The van der Waals surface area contributed by atoms with Gasteiger partial charge in [0.2, 0.25) is 0 Å². The molecule has 0 atom stereocenters. The molecule has 0 fully saturated rings. The Hall–Kier alpha value is -2.84. The minimum Gasteiger partial charge on any atom is -0.508 e. The van der Waals surface area contributed by atoms with Crippen molar-refractivity contribution in [2.24, 2.45) is 0 Å². The van der Waals surface area contributed by atoms with E-state index >= 15 is 0 Å². The van der Waals surface area contributed by atoms with E-state index in [9.17, 15) is 5.11 Å². The molecule has 0 aliphatic carbocycles. The summed E-state index contributed by atoms with van der Waals surface area (Å²) in [5.74, 6) is 0.330. The SMILES string of the molecule is CC/C=C(/CCNC(Cc1ccccc1)Cc1ccccc1)c1cc(O)ccc1C. The average molecular weight is 400 g/mol. The summed E-state index contributed by atoms with van der Waals surface area (Å²) in [6, 6.07) is 27.4. The summed E-state index contributed by atoms with van der Waals surface area (Å²) in [6.45, 7) is 5.18. The molecule has 0 aliphatic heterocycles. The zero-order valence-corrected chi connectivity index (χ0v) is 18.1. The van der Waals surface area contributed by atoms with Crippen LogP contribution in [0.4, 0.5) is 0 Å². The molecule has 3 rings (SSSR count). The van der Waals surface area contributed by atoms with Crippen LogP contribution in [0.5, 0.6) is 5.75 Å². The number of hydrogen-bond donors (Lipinski definition) is 2. The molecule has 0 radical (unpaired) electrons. The molecule has 156 valence electrons. The summed E-state index contributed by atoms with van der Waals surface area (Å²) in [7, 11) is 0. The molecule has 0 aromatic heterocycles. The number of hydrogen-bond acceptors (Lipinski definition) is 2. The fraction of sp³-hybridized carbons (Fsp3) is 0.286. The van der Waals surface area contributed by atoms with E-state index in [1.165, 1.54) is 22.3 Å². The van der Waals surface area contributed by atoms with Crippen LogP contribution < -0.4 is 5.32 Å². The highest BCUT2D eigenvalue weighted by atomic mass is 16.3. The lowest BCUT2D eigenvalue weighted by molar-refractivity contribution is 0.475. The van der Waals surface area contributed by atoms with Gasteiger partial charge in [0.1, 0.15) is 5.75 Å². The van der Waals surface area contributed by atoms with Crippen molar-refractivity contribution in [3.8, 4) is 5.75 Å². The Morgan fingerprint density at radius 2 is 1.50 bits per heavy atom. The fourth-order valence-corrected chi connectivity index (χ4v) is 3.97. The van der Waals surface area contributed by atoms with Gasteiger partial charge in [0.25, 0.3) is 0 Å². The lowest BCUT2D eigenvalue weighted by Crippen LogP contribution is -2.34. The van der Waals surface area contributed by atoms with Gasteiger partial charge in [-0.2, -0.15) is 0 Å². The van der Waals surface area contributed by atoms with Gasteiger partial charge in [0.15, 0.2) is 0 Å². The first-order valence-corrected chi connectivity index (χ1v) is 11.0. The monoisotopic (exact) mass is 399 g/mol. The van der Waals surface area contributed by atoms with E-state index < -0.39 is 0 Å². The maximum absolute atomic E-state index is 9.95. The molecule has 2 nitrogen and oxygen atoms in total. The first-order chi connectivity index (χ1) is 14.7. The Labute approximate surface area is 181 Å².